The van der Waals surface area contributed by atoms with Gasteiger partial charge in [0.2, 0.25) is 0 Å². The maximum absolute atomic E-state index is 5.74. The predicted octanol–water partition coefficient (Wildman–Crippen LogP) is 1.28. The number of ether oxygens (including phenoxy) is 2. The number of nitrogens with one attached hydrogen (secondary N) is 1. The van der Waals surface area contributed by atoms with Gasteiger partial charge in [-0.3, -0.25) is 9.89 Å². The lowest BCUT2D eigenvalue weighted by Crippen LogP contribution is -2.42. The van der Waals surface area contributed by atoms with E-state index in [0.717, 1.165) is 77.6 Å². The van der Waals surface area contributed by atoms with Crippen molar-refractivity contribution in [2.75, 3.05) is 72.7 Å². The fourth-order valence-electron chi connectivity index (χ4n) is 2.84. The van der Waals surface area contributed by atoms with E-state index in [1.54, 1.807) is 0 Å². The lowest BCUT2D eigenvalue weighted by atomic mass is 10.1. The number of rotatable bonds is 10. The van der Waals surface area contributed by atoms with Crippen molar-refractivity contribution in [2.24, 2.45) is 16.8 Å². The summed E-state index contributed by atoms with van der Waals surface area (Å²) in [7, 11) is 2.09. The van der Waals surface area contributed by atoms with Gasteiger partial charge in [-0.1, -0.05) is 6.92 Å². The average molecular weight is 341 g/mol. The fourth-order valence-corrected chi connectivity index (χ4v) is 2.84. The van der Waals surface area contributed by atoms with Crippen molar-refractivity contribution in [3.63, 3.8) is 0 Å². The second-order valence-corrected chi connectivity index (χ2v) is 7.15. The Morgan fingerprint density at radius 2 is 2.12 bits per heavy atom. The van der Waals surface area contributed by atoms with Gasteiger partial charge in [0.05, 0.1) is 19.8 Å². The van der Waals surface area contributed by atoms with Crippen LogP contribution in [-0.2, 0) is 9.47 Å². The van der Waals surface area contributed by atoms with E-state index in [4.69, 9.17) is 14.5 Å². The number of nitrogens with zero attached hydrogens (tertiary/aromatic N) is 3. The molecule has 0 bridgehead atoms. The molecular weight excluding hydrogens is 304 g/mol. The van der Waals surface area contributed by atoms with Crippen molar-refractivity contribution < 1.29 is 9.47 Å². The molecule has 1 saturated heterocycles. The predicted molar refractivity (Wildman–Crippen MR) is 98.6 cm³/mol. The van der Waals surface area contributed by atoms with Gasteiger partial charge in [0, 0.05) is 52.9 Å². The van der Waals surface area contributed by atoms with Gasteiger partial charge in [-0.15, -0.1) is 0 Å². The smallest absolute Gasteiger partial charge is 0.193 e. The minimum absolute atomic E-state index is 0.552. The molecule has 2 rings (SSSR count). The zero-order chi connectivity index (χ0) is 17.2. The number of morpholine rings is 1. The molecule has 0 radical (unpaired) electrons. The van der Waals surface area contributed by atoms with E-state index in [-0.39, 0.29) is 0 Å². The highest BCUT2D eigenvalue weighted by atomic mass is 16.5. The summed E-state index contributed by atoms with van der Waals surface area (Å²) in [5, 5.41) is 3.39. The van der Waals surface area contributed by atoms with Crippen LogP contribution in [0, 0.1) is 11.8 Å². The molecule has 6 nitrogen and oxygen atoms in total. The van der Waals surface area contributed by atoms with Crippen LogP contribution in [0.25, 0.3) is 0 Å². The van der Waals surface area contributed by atoms with Gasteiger partial charge in [0.15, 0.2) is 5.96 Å². The van der Waals surface area contributed by atoms with Crippen LogP contribution in [0.5, 0.6) is 0 Å². The largest absolute Gasteiger partial charge is 0.379 e. The minimum Gasteiger partial charge on any atom is -0.379 e. The Morgan fingerprint density at radius 1 is 1.38 bits per heavy atom. The molecule has 1 saturated carbocycles. The molecule has 2 aliphatic rings. The number of likely N-dealkylation sites (N-methyl/N-ethyl adjacent to an activating group) is 1. The Bertz CT molecular complexity index is 368. The molecule has 140 valence electrons. The first-order valence-corrected chi connectivity index (χ1v) is 9.56. The van der Waals surface area contributed by atoms with Crippen molar-refractivity contribution in [1.82, 2.24) is 15.1 Å². The quantitative estimate of drug-likeness (QED) is 0.369. The van der Waals surface area contributed by atoms with Gasteiger partial charge in [-0.2, -0.15) is 0 Å². The molecule has 0 aromatic rings. The number of hydrogen-bond donors (Lipinski definition) is 1. The summed E-state index contributed by atoms with van der Waals surface area (Å²) in [5.74, 6) is 2.37. The number of aliphatic imine (C=N–C) groups is 1. The Kier molecular flexibility index (Phi) is 8.84. The second-order valence-electron chi connectivity index (χ2n) is 7.15. The zero-order valence-corrected chi connectivity index (χ0v) is 15.8. The molecule has 1 aliphatic carbocycles. The molecule has 1 aliphatic heterocycles. The molecule has 0 aromatic carbocycles. The standard InChI is InChI=1S/C18H36N4O2/c1-4-19-18(21(3)7-10-24-15-17-5-6-17)20-13-16(2)14-22-8-11-23-12-9-22/h16-17H,4-15H2,1-3H3,(H,19,20). The Hall–Kier alpha value is -0.850. The second kappa shape index (κ2) is 10.9. The van der Waals surface area contributed by atoms with Crippen LogP contribution < -0.4 is 5.32 Å². The Labute approximate surface area is 147 Å². The van der Waals surface area contributed by atoms with Crippen molar-refractivity contribution in [3.8, 4) is 0 Å². The van der Waals surface area contributed by atoms with Crippen LogP contribution in [-0.4, -0.2) is 88.5 Å². The van der Waals surface area contributed by atoms with Gasteiger partial charge in [0.25, 0.3) is 0 Å². The van der Waals surface area contributed by atoms with E-state index in [2.05, 4.69) is 36.0 Å². The highest BCUT2D eigenvalue weighted by Crippen LogP contribution is 2.28. The van der Waals surface area contributed by atoms with Gasteiger partial charge in [-0.05, 0) is 31.6 Å². The maximum atomic E-state index is 5.74. The zero-order valence-electron chi connectivity index (χ0n) is 15.8. The fraction of sp³-hybridized carbons (Fsp3) is 0.944. The summed E-state index contributed by atoms with van der Waals surface area (Å²) >= 11 is 0. The van der Waals surface area contributed by atoms with Gasteiger partial charge in [-0.25, -0.2) is 0 Å². The maximum Gasteiger partial charge on any atom is 0.193 e. The summed E-state index contributed by atoms with van der Waals surface area (Å²) in [6, 6.07) is 0. The first-order chi connectivity index (χ1) is 11.7. The van der Waals surface area contributed by atoms with Crippen molar-refractivity contribution in [1.29, 1.82) is 0 Å². The molecule has 24 heavy (non-hydrogen) atoms. The lowest BCUT2D eigenvalue weighted by Gasteiger charge is -2.29. The van der Waals surface area contributed by atoms with Crippen molar-refractivity contribution in [2.45, 2.75) is 26.7 Å². The summed E-state index contributed by atoms with van der Waals surface area (Å²) in [5.41, 5.74) is 0. The molecule has 1 unspecified atom stereocenters. The average Bonchev–Trinajstić information content (AvgIpc) is 3.40. The lowest BCUT2D eigenvalue weighted by molar-refractivity contribution is 0.0323. The van der Waals surface area contributed by atoms with E-state index in [0.29, 0.717) is 5.92 Å². The van der Waals surface area contributed by atoms with E-state index in [9.17, 15) is 0 Å². The highest BCUT2D eigenvalue weighted by Gasteiger charge is 2.21. The molecular formula is C18H36N4O2. The highest BCUT2D eigenvalue weighted by molar-refractivity contribution is 5.79. The third kappa shape index (κ3) is 7.81. The molecule has 0 aromatic heterocycles. The molecule has 1 atom stereocenters. The van der Waals surface area contributed by atoms with Gasteiger partial charge >= 0.3 is 0 Å². The summed E-state index contributed by atoms with van der Waals surface area (Å²) < 4.78 is 11.2. The molecule has 1 N–H and O–H groups in total. The van der Waals surface area contributed by atoms with E-state index < -0.39 is 0 Å². The first kappa shape index (κ1) is 19.5. The van der Waals surface area contributed by atoms with Gasteiger partial charge in [0.1, 0.15) is 0 Å². The number of guanidine groups is 1. The van der Waals surface area contributed by atoms with Crippen LogP contribution in [0.2, 0.25) is 0 Å². The molecule has 6 heteroatoms. The SMILES string of the molecule is CCNC(=NCC(C)CN1CCOCC1)N(C)CCOCC1CC1. The van der Waals surface area contributed by atoms with E-state index in [1.807, 2.05) is 0 Å². The van der Waals surface area contributed by atoms with Crippen molar-refractivity contribution in [3.05, 3.63) is 0 Å². The normalized spacial score (nSPS) is 20.9. The van der Waals surface area contributed by atoms with Crippen LogP contribution in [0.15, 0.2) is 4.99 Å². The first-order valence-electron chi connectivity index (χ1n) is 9.56. The van der Waals surface area contributed by atoms with Crippen LogP contribution in [0.4, 0.5) is 0 Å². The van der Waals surface area contributed by atoms with Crippen molar-refractivity contribution >= 4 is 5.96 Å². The third-order valence-corrected chi connectivity index (χ3v) is 4.54. The third-order valence-electron chi connectivity index (χ3n) is 4.54. The number of hydrogen-bond acceptors (Lipinski definition) is 4. The van der Waals surface area contributed by atoms with Crippen LogP contribution in [0.1, 0.15) is 26.7 Å². The molecule has 1 heterocycles. The summed E-state index contributed by atoms with van der Waals surface area (Å²) in [4.78, 5) is 9.48. The Balaban J connectivity index is 1.68. The topological polar surface area (TPSA) is 49.3 Å². The molecule has 0 spiro atoms. The monoisotopic (exact) mass is 340 g/mol. The van der Waals surface area contributed by atoms with E-state index in [1.165, 1.54) is 12.8 Å². The van der Waals surface area contributed by atoms with Gasteiger partial charge < -0.3 is 19.7 Å². The van der Waals surface area contributed by atoms with Crippen LogP contribution in [0.3, 0.4) is 0 Å². The summed E-state index contributed by atoms with van der Waals surface area (Å²) in [6.45, 7) is 13.7. The van der Waals surface area contributed by atoms with Crippen LogP contribution >= 0.6 is 0 Å². The molecule has 2 fully saturated rings. The van der Waals surface area contributed by atoms with E-state index >= 15 is 0 Å². The molecule has 0 amide bonds. The Morgan fingerprint density at radius 3 is 2.79 bits per heavy atom. The summed E-state index contributed by atoms with van der Waals surface area (Å²) in [6.07, 6.45) is 2.70. The minimum atomic E-state index is 0.552.